The van der Waals surface area contributed by atoms with Gasteiger partial charge in [-0.05, 0) is 0 Å². The third-order valence-electron chi connectivity index (χ3n) is 0.486. The molecule has 0 amide bonds. The summed E-state index contributed by atoms with van der Waals surface area (Å²) in [7, 11) is 3.58. The molecular weight excluding hydrogens is 264 g/mol. The molecule has 0 spiro atoms. The molecule has 0 heterocycles. The van der Waals surface area contributed by atoms with Crippen molar-refractivity contribution < 1.29 is 20.6 Å². The van der Waals surface area contributed by atoms with Crippen LogP contribution in [0.2, 0.25) is 0 Å². The van der Waals surface area contributed by atoms with Crippen LogP contribution in [0, 0.1) is 20.2 Å². The van der Waals surface area contributed by atoms with E-state index in [4.69, 9.17) is 42.1 Å². The second-order valence-electron chi connectivity index (χ2n) is 1.70. The van der Waals surface area contributed by atoms with Gasteiger partial charge in [-0.3, -0.25) is 0 Å². The second kappa shape index (κ2) is 19.6. The van der Waals surface area contributed by atoms with E-state index in [2.05, 4.69) is 0 Å². The highest BCUT2D eigenvalue weighted by atomic mass is 33.1. The first kappa shape index (κ1) is 20.4. The highest BCUT2D eigenvalue weighted by molar-refractivity contribution is 8.76. The summed E-state index contributed by atoms with van der Waals surface area (Å²) in [6.45, 7) is 1.53. The second-order valence-corrected chi connectivity index (χ2v) is 4.40. The van der Waals surface area contributed by atoms with Crippen LogP contribution < -0.4 is 11.5 Å². The van der Waals surface area contributed by atoms with Gasteiger partial charge < -0.3 is 21.9 Å². The van der Waals surface area contributed by atoms with Crippen LogP contribution in [0.5, 0.6) is 0 Å². The van der Waals surface area contributed by atoms with Crippen molar-refractivity contribution in [1.82, 2.24) is 0 Å². The molecule has 0 unspecified atom stereocenters. The highest BCUT2D eigenvalue weighted by Crippen LogP contribution is 2.18. The van der Waals surface area contributed by atoms with Crippen molar-refractivity contribution in [3.05, 3.63) is 20.2 Å². The fourth-order valence-electron chi connectivity index (χ4n) is 0.214. The Kier molecular flexibility index (Phi) is 25.0. The van der Waals surface area contributed by atoms with Gasteiger partial charge in [0.15, 0.2) is 0 Å². The molecular formula is C4H14N4O6S2. The lowest BCUT2D eigenvalue weighted by Crippen LogP contribution is -2.02. The van der Waals surface area contributed by atoms with Gasteiger partial charge in [-0.1, -0.05) is 21.6 Å². The maximum atomic E-state index is 8.36. The first-order chi connectivity index (χ1) is 7.38. The molecule has 0 fully saturated rings. The predicted octanol–water partition coefficient (Wildman–Crippen LogP) is -0.410. The molecule has 98 valence electrons. The normalized spacial score (nSPS) is 7.88. The van der Waals surface area contributed by atoms with E-state index >= 15 is 0 Å². The molecule has 0 aliphatic carbocycles. The van der Waals surface area contributed by atoms with Gasteiger partial charge in [0.1, 0.15) is 0 Å². The molecule has 10 nitrogen and oxygen atoms in total. The van der Waals surface area contributed by atoms with Gasteiger partial charge in [0, 0.05) is 24.6 Å². The number of hydrogen-bond donors (Lipinski definition) is 4. The molecule has 0 aromatic rings. The van der Waals surface area contributed by atoms with Crippen molar-refractivity contribution in [2.45, 2.75) is 0 Å². The molecule has 12 heteroatoms. The van der Waals surface area contributed by atoms with Crippen molar-refractivity contribution in [3.63, 3.8) is 0 Å². The summed E-state index contributed by atoms with van der Waals surface area (Å²) in [5.74, 6) is 2.06. The van der Waals surface area contributed by atoms with E-state index in [1.807, 2.05) is 0 Å². The summed E-state index contributed by atoms with van der Waals surface area (Å²) >= 11 is 0. The van der Waals surface area contributed by atoms with Crippen LogP contribution in [0.3, 0.4) is 0 Å². The van der Waals surface area contributed by atoms with Crippen LogP contribution in [0.1, 0.15) is 0 Å². The van der Waals surface area contributed by atoms with Crippen molar-refractivity contribution >= 4 is 21.6 Å². The minimum atomic E-state index is -1.50. The molecule has 0 bridgehead atoms. The number of nitrogens with zero attached hydrogens (tertiary/aromatic N) is 2. The Morgan fingerprint density at radius 1 is 0.938 bits per heavy atom. The Labute approximate surface area is 99.0 Å². The molecule has 6 N–H and O–H groups in total. The van der Waals surface area contributed by atoms with Gasteiger partial charge in [0.05, 0.1) is 0 Å². The number of hydrogen-bond acceptors (Lipinski definition) is 8. The van der Waals surface area contributed by atoms with Crippen molar-refractivity contribution in [1.29, 1.82) is 0 Å². The molecule has 0 aromatic carbocycles. The van der Waals surface area contributed by atoms with Crippen LogP contribution in [0.15, 0.2) is 0 Å². The van der Waals surface area contributed by atoms with Crippen LogP contribution in [0.25, 0.3) is 0 Å². The van der Waals surface area contributed by atoms with Gasteiger partial charge >= 0.3 is 0 Å². The van der Waals surface area contributed by atoms with E-state index in [0.29, 0.717) is 0 Å². The molecule has 0 aliphatic rings. The Balaban J connectivity index is -0.000000179. The van der Waals surface area contributed by atoms with Gasteiger partial charge in [-0.15, -0.1) is 20.2 Å². The quantitative estimate of drug-likeness (QED) is 0.223. The summed E-state index contributed by atoms with van der Waals surface area (Å²) in [4.78, 5) is 16.7. The Hall–Kier alpha value is -0.980. The molecule has 0 radical (unpaired) electrons. The molecule has 0 aliphatic heterocycles. The predicted molar refractivity (Wildman–Crippen MR) is 60.6 cm³/mol. The van der Waals surface area contributed by atoms with Gasteiger partial charge in [-0.25, -0.2) is 0 Å². The SMILES string of the molecule is NCCSSCCN.O=[N+]([O-])O.O=[N+]([O-])O. The lowest BCUT2D eigenvalue weighted by molar-refractivity contribution is -0.742. The topological polar surface area (TPSA) is 179 Å². The number of nitrogens with two attached hydrogens (primary N) is 2. The van der Waals surface area contributed by atoms with E-state index in [1.165, 1.54) is 0 Å². The summed E-state index contributed by atoms with van der Waals surface area (Å²) in [5, 5.41) is 27.3. The van der Waals surface area contributed by atoms with E-state index in [-0.39, 0.29) is 0 Å². The Morgan fingerprint density at radius 3 is 1.25 bits per heavy atom. The maximum Gasteiger partial charge on any atom is 0.291 e. The molecule has 0 aromatic heterocycles. The number of rotatable bonds is 5. The third kappa shape index (κ3) is 116. The highest BCUT2D eigenvalue weighted by Gasteiger charge is 1.84. The monoisotopic (exact) mass is 278 g/mol. The van der Waals surface area contributed by atoms with Crippen LogP contribution in [0.4, 0.5) is 0 Å². The van der Waals surface area contributed by atoms with Crippen LogP contribution in [-0.4, -0.2) is 45.2 Å². The zero-order valence-electron chi connectivity index (χ0n) is 8.22. The van der Waals surface area contributed by atoms with Crippen LogP contribution in [-0.2, 0) is 0 Å². The maximum absolute atomic E-state index is 8.36. The standard InChI is InChI=1S/C4H12N2S2.2HNO3/c5-1-3-7-8-4-2-6;2*2-1(3)4/h1-6H2;2*(H,2,3,4). The summed E-state index contributed by atoms with van der Waals surface area (Å²) < 4.78 is 0. The zero-order chi connectivity index (χ0) is 13.4. The van der Waals surface area contributed by atoms with Crippen molar-refractivity contribution in [2.24, 2.45) is 11.5 Å². The van der Waals surface area contributed by atoms with E-state index < -0.39 is 10.2 Å². The van der Waals surface area contributed by atoms with Crippen molar-refractivity contribution in [2.75, 3.05) is 24.6 Å². The van der Waals surface area contributed by atoms with Gasteiger partial charge in [0.25, 0.3) is 10.2 Å². The molecule has 0 saturated carbocycles. The minimum Gasteiger partial charge on any atom is -0.330 e. The van der Waals surface area contributed by atoms with Crippen molar-refractivity contribution in [3.8, 4) is 0 Å². The smallest absolute Gasteiger partial charge is 0.291 e. The first-order valence-electron chi connectivity index (χ1n) is 3.69. The Morgan fingerprint density at radius 2 is 1.12 bits per heavy atom. The zero-order valence-corrected chi connectivity index (χ0v) is 9.85. The van der Waals surface area contributed by atoms with Crippen LogP contribution >= 0.6 is 21.6 Å². The summed E-state index contributed by atoms with van der Waals surface area (Å²) in [5.41, 5.74) is 10.5. The Bertz CT molecular complexity index is 147. The lowest BCUT2D eigenvalue weighted by atomic mass is 10.8. The van der Waals surface area contributed by atoms with E-state index in [1.54, 1.807) is 21.6 Å². The first-order valence-corrected chi connectivity index (χ1v) is 6.18. The minimum absolute atomic E-state index is 0.766. The van der Waals surface area contributed by atoms with E-state index in [0.717, 1.165) is 24.6 Å². The fraction of sp³-hybridized carbons (Fsp3) is 1.00. The summed E-state index contributed by atoms with van der Waals surface area (Å²) in [6, 6.07) is 0. The lowest BCUT2D eigenvalue weighted by Gasteiger charge is -1.93. The molecule has 0 rings (SSSR count). The molecule has 16 heavy (non-hydrogen) atoms. The molecule has 0 atom stereocenters. The third-order valence-corrected chi connectivity index (χ3v) is 2.96. The van der Waals surface area contributed by atoms with E-state index in [9.17, 15) is 0 Å². The fourth-order valence-corrected chi connectivity index (χ4v) is 1.93. The summed E-state index contributed by atoms with van der Waals surface area (Å²) in [6.07, 6.45) is 0. The van der Waals surface area contributed by atoms with Gasteiger partial charge in [-0.2, -0.15) is 0 Å². The average Bonchev–Trinajstić information content (AvgIpc) is 2.11. The largest absolute Gasteiger partial charge is 0.330 e. The molecule has 0 saturated heterocycles. The van der Waals surface area contributed by atoms with Gasteiger partial charge in [0.2, 0.25) is 0 Å². The average molecular weight is 278 g/mol.